The first-order valence-corrected chi connectivity index (χ1v) is 12.1. The highest BCUT2D eigenvalue weighted by atomic mass is 16.5. The van der Waals surface area contributed by atoms with Crippen LogP contribution in [0.4, 0.5) is 5.69 Å². The van der Waals surface area contributed by atoms with E-state index in [-0.39, 0.29) is 17.4 Å². The highest BCUT2D eigenvalue weighted by molar-refractivity contribution is 6.51. The van der Waals surface area contributed by atoms with Crippen LogP contribution in [-0.4, -0.2) is 29.5 Å². The van der Waals surface area contributed by atoms with Gasteiger partial charge in [-0.2, -0.15) is 5.26 Å². The van der Waals surface area contributed by atoms with Gasteiger partial charge in [-0.3, -0.25) is 14.5 Å². The number of hydrogen-bond donors (Lipinski definition) is 1. The van der Waals surface area contributed by atoms with Crippen molar-refractivity contribution in [1.82, 2.24) is 0 Å². The van der Waals surface area contributed by atoms with Gasteiger partial charge in [0.1, 0.15) is 17.3 Å². The molecule has 0 bridgehead atoms. The number of aryl methyl sites for hydroxylation is 1. The number of amides is 1. The van der Waals surface area contributed by atoms with Crippen LogP contribution in [0.1, 0.15) is 49.1 Å². The lowest BCUT2D eigenvalue weighted by Crippen LogP contribution is -2.29. The molecule has 3 aromatic carbocycles. The SMILES string of the molecule is CCOc1ccc(/C(O)=C2/C(=O)C(=O)N(c3ccc(C#N)cc3)C2c2ccc(OC(C)C)cc2)cc1C. The number of carbonyl (C=O) groups excluding carboxylic acids is 2. The zero-order chi connectivity index (χ0) is 26.7. The summed E-state index contributed by atoms with van der Waals surface area (Å²) in [5, 5.41) is 20.6. The average molecular weight is 497 g/mol. The zero-order valence-corrected chi connectivity index (χ0v) is 21.2. The van der Waals surface area contributed by atoms with E-state index < -0.39 is 17.7 Å². The van der Waals surface area contributed by atoms with E-state index in [4.69, 9.17) is 9.47 Å². The fourth-order valence-electron chi connectivity index (χ4n) is 4.38. The van der Waals surface area contributed by atoms with Crippen molar-refractivity contribution in [3.8, 4) is 17.6 Å². The molecule has 1 aliphatic heterocycles. The van der Waals surface area contributed by atoms with E-state index in [1.54, 1.807) is 66.7 Å². The molecule has 1 fully saturated rings. The summed E-state index contributed by atoms with van der Waals surface area (Å²) in [7, 11) is 0. The molecule has 1 N–H and O–H groups in total. The third-order valence-electron chi connectivity index (χ3n) is 6.03. The smallest absolute Gasteiger partial charge is 0.300 e. The zero-order valence-electron chi connectivity index (χ0n) is 21.2. The summed E-state index contributed by atoms with van der Waals surface area (Å²) < 4.78 is 11.3. The van der Waals surface area contributed by atoms with Crippen molar-refractivity contribution in [2.24, 2.45) is 0 Å². The predicted molar refractivity (Wildman–Crippen MR) is 140 cm³/mol. The molecule has 3 aromatic rings. The van der Waals surface area contributed by atoms with Crippen molar-refractivity contribution in [3.05, 3.63) is 94.6 Å². The molecule has 1 atom stereocenters. The minimum atomic E-state index is -0.882. The summed E-state index contributed by atoms with van der Waals surface area (Å²) in [6.45, 7) is 8.08. The maximum atomic E-state index is 13.4. The Morgan fingerprint density at radius 2 is 1.73 bits per heavy atom. The molecule has 4 rings (SSSR count). The van der Waals surface area contributed by atoms with Crippen LogP contribution in [0.25, 0.3) is 5.76 Å². The van der Waals surface area contributed by atoms with Gasteiger partial charge >= 0.3 is 0 Å². The number of Topliss-reactive ketones (excluding diaryl/α,β-unsaturated/α-hetero) is 1. The Balaban J connectivity index is 1.87. The van der Waals surface area contributed by atoms with Crippen molar-refractivity contribution in [2.45, 2.75) is 39.8 Å². The van der Waals surface area contributed by atoms with Crippen molar-refractivity contribution in [1.29, 1.82) is 5.26 Å². The van der Waals surface area contributed by atoms with Crippen LogP contribution >= 0.6 is 0 Å². The topological polar surface area (TPSA) is 99.9 Å². The van der Waals surface area contributed by atoms with Crippen LogP contribution in [0.3, 0.4) is 0 Å². The van der Waals surface area contributed by atoms with Crippen molar-refractivity contribution in [3.63, 3.8) is 0 Å². The van der Waals surface area contributed by atoms with E-state index in [0.717, 1.165) is 5.56 Å². The first-order valence-electron chi connectivity index (χ1n) is 12.1. The number of hydrogen-bond acceptors (Lipinski definition) is 6. The second-order valence-electron chi connectivity index (χ2n) is 8.98. The molecule has 0 radical (unpaired) electrons. The molecule has 0 aliphatic carbocycles. The van der Waals surface area contributed by atoms with Gasteiger partial charge in [0.05, 0.1) is 36.0 Å². The lowest BCUT2D eigenvalue weighted by Gasteiger charge is -2.26. The van der Waals surface area contributed by atoms with Crippen molar-refractivity contribution >= 4 is 23.1 Å². The molecule has 188 valence electrons. The normalized spacial score (nSPS) is 16.6. The number of benzene rings is 3. The van der Waals surface area contributed by atoms with Gasteiger partial charge in [-0.15, -0.1) is 0 Å². The van der Waals surface area contributed by atoms with E-state index in [0.29, 0.717) is 40.5 Å². The van der Waals surface area contributed by atoms with Gasteiger partial charge < -0.3 is 14.6 Å². The Bertz CT molecular complexity index is 1400. The molecule has 1 saturated heterocycles. The van der Waals surface area contributed by atoms with Crippen LogP contribution in [0, 0.1) is 18.3 Å². The molecular weight excluding hydrogens is 468 g/mol. The maximum absolute atomic E-state index is 13.4. The first kappa shape index (κ1) is 25.5. The molecule has 7 heteroatoms. The van der Waals surface area contributed by atoms with Crippen LogP contribution in [-0.2, 0) is 9.59 Å². The predicted octanol–water partition coefficient (Wildman–Crippen LogP) is 5.68. The summed E-state index contributed by atoms with van der Waals surface area (Å²) in [5.41, 5.74) is 2.68. The second-order valence-corrected chi connectivity index (χ2v) is 8.98. The number of nitriles is 1. The van der Waals surface area contributed by atoms with E-state index in [9.17, 15) is 20.0 Å². The minimum absolute atomic E-state index is 0.0157. The van der Waals surface area contributed by atoms with Crippen molar-refractivity contribution < 1.29 is 24.2 Å². The maximum Gasteiger partial charge on any atom is 0.300 e. The quantitative estimate of drug-likeness (QED) is 0.257. The standard InChI is InChI=1S/C30H28N2O5/c1-5-36-25-15-10-22(16-19(25)4)28(33)26-27(21-8-13-24(14-9-21)37-18(2)3)32(30(35)29(26)34)23-11-6-20(17-31)7-12-23/h6-16,18,27,33H,5H2,1-4H3/b28-26-. The van der Waals surface area contributed by atoms with E-state index in [1.165, 1.54) is 4.90 Å². The van der Waals surface area contributed by atoms with Crippen LogP contribution in [0.5, 0.6) is 11.5 Å². The van der Waals surface area contributed by atoms with Gasteiger partial charge in [-0.1, -0.05) is 12.1 Å². The number of ether oxygens (including phenoxy) is 2. The number of ketones is 1. The molecular formula is C30H28N2O5. The van der Waals surface area contributed by atoms with Gasteiger partial charge in [0.15, 0.2) is 0 Å². The highest BCUT2D eigenvalue weighted by Gasteiger charge is 2.47. The highest BCUT2D eigenvalue weighted by Crippen LogP contribution is 2.42. The monoisotopic (exact) mass is 496 g/mol. The van der Waals surface area contributed by atoms with Crippen molar-refractivity contribution in [2.75, 3.05) is 11.5 Å². The van der Waals surface area contributed by atoms with Crippen LogP contribution < -0.4 is 14.4 Å². The number of carbonyl (C=O) groups is 2. The number of aliphatic hydroxyl groups is 1. The largest absolute Gasteiger partial charge is 0.507 e. The Morgan fingerprint density at radius 1 is 1.05 bits per heavy atom. The average Bonchev–Trinajstić information content (AvgIpc) is 3.15. The fraction of sp³-hybridized carbons (Fsp3) is 0.233. The van der Waals surface area contributed by atoms with E-state index in [1.807, 2.05) is 27.7 Å². The lowest BCUT2D eigenvalue weighted by atomic mass is 9.94. The van der Waals surface area contributed by atoms with Gasteiger partial charge in [0.25, 0.3) is 11.7 Å². The molecule has 0 spiro atoms. The van der Waals surface area contributed by atoms with Gasteiger partial charge in [-0.25, -0.2) is 0 Å². The van der Waals surface area contributed by atoms with E-state index in [2.05, 4.69) is 6.07 Å². The molecule has 0 aromatic heterocycles. The summed E-state index contributed by atoms with van der Waals surface area (Å²) in [4.78, 5) is 28.1. The summed E-state index contributed by atoms with van der Waals surface area (Å²) in [6.07, 6.45) is -0.0157. The first-order chi connectivity index (χ1) is 17.7. The Hall–Kier alpha value is -4.57. The van der Waals surface area contributed by atoms with Crippen LogP contribution in [0.2, 0.25) is 0 Å². The Labute approximate surface area is 216 Å². The summed E-state index contributed by atoms with van der Waals surface area (Å²) >= 11 is 0. The number of rotatable bonds is 7. The fourth-order valence-corrected chi connectivity index (χ4v) is 4.38. The summed E-state index contributed by atoms with van der Waals surface area (Å²) in [6, 6.07) is 19.8. The summed E-state index contributed by atoms with van der Waals surface area (Å²) in [5.74, 6) is -0.499. The Kier molecular flexibility index (Phi) is 7.30. The number of nitrogens with zero attached hydrogens (tertiary/aromatic N) is 2. The Morgan fingerprint density at radius 3 is 2.30 bits per heavy atom. The minimum Gasteiger partial charge on any atom is -0.507 e. The second kappa shape index (κ2) is 10.6. The third kappa shape index (κ3) is 5.05. The molecule has 1 unspecified atom stereocenters. The molecule has 7 nitrogen and oxygen atoms in total. The third-order valence-corrected chi connectivity index (χ3v) is 6.03. The molecule has 37 heavy (non-hydrogen) atoms. The van der Waals surface area contributed by atoms with Gasteiger partial charge in [0.2, 0.25) is 0 Å². The van der Waals surface area contributed by atoms with Gasteiger partial charge in [0, 0.05) is 11.3 Å². The lowest BCUT2D eigenvalue weighted by molar-refractivity contribution is -0.132. The molecule has 1 heterocycles. The van der Waals surface area contributed by atoms with Crippen LogP contribution in [0.15, 0.2) is 72.3 Å². The van der Waals surface area contributed by atoms with E-state index >= 15 is 0 Å². The molecule has 1 aliphatic rings. The van der Waals surface area contributed by atoms with Gasteiger partial charge in [-0.05, 0) is 93.4 Å². The molecule has 0 saturated carbocycles. The number of aliphatic hydroxyl groups excluding tert-OH is 1. The molecule has 1 amide bonds. The number of anilines is 1.